The Kier molecular flexibility index (Phi) is 8.42. The number of carbonyl (C=O) groups is 1. The van der Waals surface area contributed by atoms with Crippen LogP contribution in [-0.2, 0) is 16.0 Å². The fourth-order valence-corrected chi connectivity index (χ4v) is 3.48. The Hall–Kier alpha value is -2.96. The number of halogens is 3. The molecule has 3 rings (SSSR count). The minimum atomic E-state index is -4.76. The minimum absolute atomic E-state index is 0.0610. The summed E-state index contributed by atoms with van der Waals surface area (Å²) in [6.07, 6.45) is -2.32. The van der Waals surface area contributed by atoms with E-state index in [0.29, 0.717) is 30.8 Å². The number of hydrogen-bond donors (Lipinski definition) is 0. The molecule has 1 unspecified atom stereocenters. The van der Waals surface area contributed by atoms with Crippen LogP contribution in [0.4, 0.5) is 13.2 Å². The van der Waals surface area contributed by atoms with Gasteiger partial charge in [0.1, 0.15) is 11.5 Å². The smallest absolute Gasteiger partial charge is 0.430 e. The predicted molar refractivity (Wildman–Crippen MR) is 120 cm³/mol. The fraction of sp³-hybridized carbons (Fsp3) is 0.423. The van der Waals surface area contributed by atoms with Gasteiger partial charge in [-0.1, -0.05) is 57.0 Å². The Morgan fingerprint density at radius 3 is 2.39 bits per heavy atom. The van der Waals surface area contributed by atoms with Crippen LogP contribution in [0.5, 0.6) is 11.5 Å². The normalized spacial score (nSPS) is 15.3. The standard InChI is InChI=1S/C26H29F3O4/c1-3-5-12-31-22-16-20-15-21(25(30)32-13-6-4-2)24(26(27,28)29)33-23(20)17-19(22)14-18-10-8-7-9-11-18/h7-11,15-17,24H,3-6,12-14H2,1-2H3. The lowest BCUT2D eigenvalue weighted by molar-refractivity contribution is -0.188. The SMILES string of the molecule is CCCCOC(=O)C1=Cc2cc(OCCCC)c(Cc3ccccc3)cc2OC1C(F)(F)F. The van der Waals surface area contributed by atoms with E-state index < -0.39 is 23.8 Å². The van der Waals surface area contributed by atoms with Crippen molar-refractivity contribution in [2.75, 3.05) is 13.2 Å². The lowest BCUT2D eigenvalue weighted by Crippen LogP contribution is -2.40. The van der Waals surface area contributed by atoms with Gasteiger partial charge in [0.25, 0.3) is 0 Å². The van der Waals surface area contributed by atoms with Crippen molar-refractivity contribution in [3.8, 4) is 11.5 Å². The molecule has 0 saturated heterocycles. The van der Waals surface area contributed by atoms with Gasteiger partial charge in [-0.05, 0) is 36.6 Å². The van der Waals surface area contributed by atoms with Gasteiger partial charge in [0.15, 0.2) is 0 Å². The van der Waals surface area contributed by atoms with Crippen LogP contribution >= 0.6 is 0 Å². The summed E-state index contributed by atoms with van der Waals surface area (Å²) in [7, 11) is 0. The molecule has 0 amide bonds. The maximum absolute atomic E-state index is 13.8. The van der Waals surface area contributed by atoms with Crippen LogP contribution in [0.1, 0.15) is 56.2 Å². The first-order valence-electron chi connectivity index (χ1n) is 11.3. The predicted octanol–water partition coefficient (Wildman–Crippen LogP) is 6.51. The van der Waals surface area contributed by atoms with Crippen molar-refractivity contribution in [3.05, 3.63) is 64.7 Å². The van der Waals surface area contributed by atoms with Gasteiger partial charge in [-0.3, -0.25) is 0 Å². The summed E-state index contributed by atoms with van der Waals surface area (Å²) in [6.45, 7) is 4.49. The van der Waals surface area contributed by atoms with Gasteiger partial charge >= 0.3 is 12.1 Å². The van der Waals surface area contributed by atoms with E-state index in [2.05, 4.69) is 0 Å². The molecular formula is C26H29F3O4. The number of esters is 1. The number of rotatable bonds is 10. The van der Waals surface area contributed by atoms with Crippen molar-refractivity contribution in [1.82, 2.24) is 0 Å². The lowest BCUT2D eigenvalue weighted by atomic mass is 9.97. The highest BCUT2D eigenvalue weighted by molar-refractivity contribution is 5.96. The molecule has 33 heavy (non-hydrogen) atoms. The Bertz CT molecular complexity index is 967. The molecule has 0 aliphatic carbocycles. The van der Waals surface area contributed by atoms with Gasteiger partial charge < -0.3 is 14.2 Å². The van der Waals surface area contributed by atoms with E-state index in [1.807, 2.05) is 44.2 Å². The number of hydrogen-bond acceptors (Lipinski definition) is 4. The largest absolute Gasteiger partial charge is 0.493 e. The summed E-state index contributed by atoms with van der Waals surface area (Å²) in [4.78, 5) is 12.4. The van der Waals surface area contributed by atoms with Gasteiger partial charge in [0, 0.05) is 17.5 Å². The Morgan fingerprint density at radius 1 is 1.03 bits per heavy atom. The third-order valence-corrected chi connectivity index (χ3v) is 5.29. The molecular weight excluding hydrogens is 433 g/mol. The molecule has 0 fully saturated rings. The molecule has 1 atom stereocenters. The van der Waals surface area contributed by atoms with Crippen LogP contribution in [0.15, 0.2) is 48.0 Å². The second kappa shape index (κ2) is 11.3. The first-order valence-corrected chi connectivity index (χ1v) is 11.3. The summed E-state index contributed by atoms with van der Waals surface area (Å²) < 4.78 is 57.7. The summed E-state index contributed by atoms with van der Waals surface area (Å²) in [5, 5.41) is 0. The monoisotopic (exact) mass is 462 g/mol. The average Bonchev–Trinajstić information content (AvgIpc) is 2.79. The van der Waals surface area contributed by atoms with E-state index in [4.69, 9.17) is 14.2 Å². The van der Waals surface area contributed by atoms with Crippen LogP contribution < -0.4 is 9.47 Å². The lowest BCUT2D eigenvalue weighted by Gasteiger charge is -2.29. The van der Waals surface area contributed by atoms with E-state index in [1.165, 1.54) is 6.08 Å². The van der Waals surface area contributed by atoms with E-state index in [-0.39, 0.29) is 12.4 Å². The molecule has 2 aromatic rings. The second-order valence-corrected chi connectivity index (χ2v) is 7.99. The zero-order chi connectivity index (χ0) is 23.8. The zero-order valence-corrected chi connectivity index (χ0v) is 18.9. The summed E-state index contributed by atoms with van der Waals surface area (Å²) in [5.74, 6) is -0.385. The maximum Gasteiger partial charge on any atom is 0.430 e. The van der Waals surface area contributed by atoms with E-state index in [9.17, 15) is 18.0 Å². The maximum atomic E-state index is 13.8. The van der Waals surface area contributed by atoms with Crippen LogP contribution in [0.3, 0.4) is 0 Å². The van der Waals surface area contributed by atoms with E-state index >= 15 is 0 Å². The number of benzene rings is 2. The third kappa shape index (κ3) is 6.53. The van der Waals surface area contributed by atoms with Crippen molar-refractivity contribution < 1.29 is 32.2 Å². The quantitative estimate of drug-likeness (QED) is 0.298. The first kappa shape index (κ1) is 24.7. The topological polar surface area (TPSA) is 44.8 Å². The van der Waals surface area contributed by atoms with Gasteiger partial charge in [0.2, 0.25) is 6.10 Å². The minimum Gasteiger partial charge on any atom is -0.493 e. The van der Waals surface area contributed by atoms with Crippen molar-refractivity contribution >= 4 is 12.0 Å². The Labute approximate surface area is 192 Å². The van der Waals surface area contributed by atoms with Gasteiger partial charge in [0.05, 0.1) is 18.8 Å². The molecule has 1 aliphatic heterocycles. The second-order valence-electron chi connectivity index (χ2n) is 7.99. The molecule has 0 N–H and O–H groups in total. The summed E-state index contributed by atoms with van der Waals surface area (Å²) in [6, 6.07) is 12.8. The van der Waals surface area contributed by atoms with Crippen molar-refractivity contribution in [3.63, 3.8) is 0 Å². The van der Waals surface area contributed by atoms with Crippen LogP contribution in [0, 0.1) is 0 Å². The van der Waals surface area contributed by atoms with E-state index in [0.717, 1.165) is 30.4 Å². The van der Waals surface area contributed by atoms with Gasteiger partial charge in [-0.2, -0.15) is 13.2 Å². The number of unbranched alkanes of at least 4 members (excludes halogenated alkanes) is 2. The zero-order valence-electron chi connectivity index (χ0n) is 18.9. The highest BCUT2D eigenvalue weighted by Crippen LogP contribution is 2.41. The molecule has 178 valence electrons. The van der Waals surface area contributed by atoms with Crippen molar-refractivity contribution in [1.29, 1.82) is 0 Å². The molecule has 1 heterocycles. The van der Waals surface area contributed by atoms with E-state index in [1.54, 1.807) is 12.1 Å². The van der Waals surface area contributed by atoms with Crippen molar-refractivity contribution in [2.45, 2.75) is 58.2 Å². The van der Waals surface area contributed by atoms with Crippen LogP contribution in [0.25, 0.3) is 6.08 Å². The van der Waals surface area contributed by atoms with Crippen LogP contribution in [0.2, 0.25) is 0 Å². The average molecular weight is 463 g/mol. The molecule has 0 saturated carbocycles. The Balaban J connectivity index is 1.99. The number of carbonyl (C=O) groups excluding carboxylic acids is 1. The number of fused-ring (bicyclic) bond motifs is 1. The first-order chi connectivity index (χ1) is 15.8. The summed E-state index contributed by atoms with van der Waals surface area (Å²) in [5.41, 5.74) is 1.53. The molecule has 0 radical (unpaired) electrons. The molecule has 7 heteroatoms. The molecule has 0 spiro atoms. The number of alkyl halides is 3. The summed E-state index contributed by atoms with van der Waals surface area (Å²) >= 11 is 0. The van der Waals surface area contributed by atoms with Gasteiger partial charge in [-0.25, -0.2) is 4.79 Å². The van der Waals surface area contributed by atoms with Gasteiger partial charge in [-0.15, -0.1) is 0 Å². The molecule has 2 aromatic carbocycles. The van der Waals surface area contributed by atoms with Crippen molar-refractivity contribution in [2.24, 2.45) is 0 Å². The third-order valence-electron chi connectivity index (χ3n) is 5.29. The number of ether oxygens (including phenoxy) is 3. The highest BCUT2D eigenvalue weighted by Gasteiger charge is 2.49. The molecule has 0 bridgehead atoms. The molecule has 1 aliphatic rings. The fourth-order valence-electron chi connectivity index (χ4n) is 3.48. The van der Waals surface area contributed by atoms with Crippen LogP contribution in [-0.4, -0.2) is 31.5 Å². The highest BCUT2D eigenvalue weighted by atomic mass is 19.4. The molecule has 4 nitrogen and oxygen atoms in total. The molecule has 0 aromatic heterocycles. The Morgan fingerprint density at radius 2 is 1.73 bits per heavy atom.